The monoisotopic (exact) mass is 802 g/mol. The van der Waals surface area contributed by atoms with Gasteiger partial charge in [0.15, 0.2) is 0 Å². The Morgan fingerprint density at radius 3 is 1.59 bits per heavy atom. The average molecular weight is 803 g/mol. The van der Waals surface area contributed by atoms with Crippen molar-refractivity contribution >= 4 is 21.5 Å². The number of unbranched alkanes of at least 4 members (excludes halogenated alkanes) is 1. The molecule has 1 atom stereocenters. The lowest BCUT2D eigenvalue weighted by Gasteiger charge is -2.22. The topological polar surface area (TPSA) is 58.9 Å². The molecule has 1 unspecified atom stereocenters. The first-order valence-electron chi connectivity index (χ1n) is 21.5. The summed E-state index contributed by atoms with van der Waals surface area (Å²) < 4.78 is 13.4. The number of ether oxygens (including phenoxy) is 2. The van der Waals surface area contributed by atoms with Gasteiger partial charge in [0.2, 0.25) is 0 Å². The zero-order valence-electron chi connectivity index (χ0n) is 35.7. The van der Waals surface area contributed by atoms with Crippen molar-refractivity contribution in [3.8, 4) is 67.5 Å². The number of aryl methyl sites for hydroxylation is 4. The summed E-state index contributed by atoms with van der Waals surface area (Å²) in [6, 6.07) is 49.6. The maximum Gasteiger partial charge on any atom is 0.131 e. The van der Waals surface area contributed by atoms with Crippen molar-refractivity contribution < 1.29 is 19.7 Å². The normalized spacial score (nSPS) is 11.8. The van der Waals surface area contributed by atoms with Gasteiger partial charge < -0.3 is 19.7 Å². The van der Waals surface area contributed by atoms with Gasteiger partial charge in [-0.1, -0.05) is 146 Å². The molecule has 4 nitrogen and oxygen atoms in total. The number of para-hydroxylation sites is 2. The second kappa shape index (κ2) is 18.2. The lowest BCUT2D eigenvalue weighted by atomic mass is 9.90. The number of phenols is 2. The number of hydrogen-bond donors (Lipinski definition) is 2. The Bertz CT molecular complexity index is 2870. The van der Waals surface area contributed by atoms with Crippen molar-refractivity contribution in [3.63, 3.8) is 0 Å². The van der Waals surface area contributed by atoms with Crippen molar-refractivity contribution in [2.24, 2.45) is 5.92 Å². The molecule has 2 N–H and O–H groups in total. The van der Waals surface area contributed by atoms with Crippen LogP contribution in [0.3, 0.4) is 0 Å². The van der Waals surface area contributed by atoms with Crippen molar-refractivity contribution in [3.05, 3.63) is 181 Å². The van der Waals surface area contributed by atoms with Gasteiger partial charge >= 0.3 is 0 Å². The maximum absolute atomic E-state index is 12.1. The first-order chi connectivity index (χ1) is 29.7. The molecule has 8 aromatic rings. The fraction of sp³-hybridized carbons (Fsp3) is 0.193. The minimum Gasteiger partial charge on any atom is -0.507 e. The standard InChI is InChI=1S/C57H54O4/c1-6-8-16-40-28-32-53(51(34-40)47-22-14-24-49(57(47)59)55-39(5)27-30-43-18-10-12-20-45(43)55)61-36-41(15-7-2)35-60-52-31-25-37(3)33-50(52)46-21-13-23-48(56(46)58)54-38(4)26-29-42-17-9-11-19-44(42)54/h7,9-14,17-34,41,58-59H,2,6,8,15-16,35-36H2,1,3-5H3. The Kier molecular flexibility index (Phi) is 12.2. The van der Waals surface area contributed by atoms with Crippen LogP contribution in [0, 0.1) is 26.7 Å². The Morgan fingerprint density at radius 2 is 1.05 bits per heavy atom. The first-order valence-corrected chi connectivity index (χ1v) is 21.5. The summed E-state index contributed by atoms with van der Waals surface area (Å²) >= 11 is 0. The number of rotatable bonds is 15. The summed E-state index contributed by atoms with van der Waals surface area (Å²) in [7, 11) is 0. The molecule has 0 saturated heterocycles. The highest BCUT2D eigenvalue weighted by Gasteiger charge is 2.21. The summed E-state index contributed by atoms with van der Waals surface area (Å²) in [5.74, 6) is 1.82. The molecule has 0 aromatic heterocycles. The highest BCUT2D eigenvalue weighted by Crippen LogP contribution is 2.46. The van der Waals surface area contributed by atoms with Crippen molar-refractivity contribution in [1.29, 1.82) is 0 Å². The number of hydrogen-bond acceptors (Lipinski definition) is 4. The molecule has 8 rings (SSSR count). The smallest absolute Gasteiger partial charge is 0.131 e. The number of allylic oxidation sites excluding steroid dienone is 1. The summed E-state index contributed by atoms with van der Waals surface area (Å²) in [6.45, 7) is 13.3. The van der Waals surface area contributed by atoms with Crippen LogP contribution >= 0.6 is 0 Å². The molecule has 4 heteroatoms. The second-order valence-electron chi connectivity index (χ2n) is 16.3. The van der Waals surface area contributed by atoms with E-state index in [4.69, 9.17) is 9.47 Å². The molecule has 0 bridgehead atoms. The predicted octanol–water partition coefficient (Wildman–Crippen LogP) is 15.0. The number of fused-ring (bicyclic) bond motifs is 2. The van der Waals surface area contributed by atoms with Crippen molar-refractivity contribution in [2.45, 2.75) is 53.4 Å². The number of phenolic OH excluding ortho intramolecular Hbond substituents is 2. The second-order valence-corrected chi connectivity index (χ2v) is 16.3. The summed E-state index contributed by atoms with van der Waals surface area (Å²) in [5, 5.41) is 28.6. The molecule has 0 spiro atoms. The largest absolute Gasteiger partial charge is 0.507 e. The van der Waals surface area contributed by atoms with Crippen molar-refractivity contribution in [2.75, 3.05) is 13.2 Å². The summed E-state index contributed by atoms with van der Waals surface area (Å²) in [4.78, 5) is 0. The average Bonchev–Trinajstić information content (AvgIpc) is 3.27. The molecule has 0 aliphatic heterocycles. The maximum atomic E-state index is 12.1. The highest BCUT2D eigenvalue weighted by molar-refractivity contribution is 6.02. The van der Waals surface area contributed by atoms with Crippen LogP contribution in [-0.2, 0) is 6.42 Å². The minimum absolute atomic E-state index is 0.0317. The molecule has 306 valence electrons. The van der Waals surface area contributed by atoms with Gasteiger partial charge in [-0.15, -0.1) is 6.58 Å². The molecule has 0 aliphatic carbocycles. The summed E-state index contributed by atoms with van der Waals surface area (Å²) in [5.41, 5.74) is 11.3. The van der Waals surface area contributed by atoms with Gasteiger partial charge in [-0.05, 0) is 114 Å². The molecule has 0 heterocycles. The fourth-order valence-corrected chi connectivity index (χ4v) is 8.67. The predicted molar refractivity (Wildman–Crippen MR) is 255 cm³/mol. The van der Waals surface area contributed by atoms with Crippen LogP contribution in [0.1, 0.15) is 48.4 Å². The molecule has 61 heavy (non-hydrogen) atoms. The Hall–Kier alpha value is -6.78. The van der Waals surface area contributed by atoms with E-state index < -0.39 is 0 Å². The Balaban J connectivity index is 1.09. The molecular formula is C57H54O4. The van der Waals surface area contributed by atoms with E-state index in [1.165, 1.54) is 5.56 Å². The Labute approximate surface area is 360 Å². The third-order valence-electron chi connectivity index (χ3n) is 11.9. The zero-order valence-corrected chi connectivity index (χ0v) is 35.7. The van der Waals surface area contributed by atoms with Crippen LogP contribution < -0.4 is 9.47 Å². The van der Waals surface area contributed by atoms with Crippen molar-refractivity contribution in [1.82, 2.24) is 0 Å². The van der Waals surface area contributed by atoms with E-state index in [0.29, 0.717) is 36.7 Å². The van der Waals surface area contributed by atoms with Crippen LogP contribution in [0.2, 0.25) is 0 Å². The van der Waals surface area contributed by atoms with E-state index in [1.54, 1.807) is 0 Å². The molecule has 0 radical (unpaired) electrons. The van der Waals surface area contributed by atoms with Crippen LogP contribution in [0.5, 0.6) is 23.0 Å². The third kappa shape index (κ3) is 8.49. The van der Waals surface area contributed by atoms with Crippen LogP contribution in [0.4, 0.5) is 0 Å². The molecule has 0 fully saturated rings. The van der Waals surface area contributed by atoms with Crippen LogP contribution in [0.15, 0.2) is 158 Å². The molecule has 0 saturated carbocycles. The molecular weight excluding hydrogens is 749 g/mol. The van der Waals surface area contributed by atoms with Gasteiger partial charge in [0, 0.05) is 39.3 Å². The lowest BCUT2D eigenvalue weighted by molar-refractivity contribution is 0.179. The lowest BCUT2D eigenvalue weighted by Crippen LogP contribution is -2.20. The van der Waals surface area contributed by atoms with E-state index in [2.05, 4.69) is 101 Å². The minimum atomic E-state index is -0.0317. The van der Waals surface area contributed by atoms with Gasteiger partial charge in [-0.3, -0.25) is 0 Å². The van der Waals surface area contributed by atoms with Gasteiger partial charge in [-0.25, -0.2) is 0 Å². The van der Waals surface area contributed by atoms with Gasteiger partial charge in [0.1, 0.15) is 23.0 Å². The number of aromatic hydroxyl groups is 2. The van der Waals surface area contributed by atoms with Gasteiger partial charge in [0.05, 0.1) is 13.2 Å². The highest BCUT2D eigenvalue weighted by atomic mass is 16.5. The number of benzene rings is 8. The van der Waals surface area contributed by atoms with E-state index in [9.17, 15) is 10.2 Å². The van der Waals surface area contributed by atoms with Gasteiger partial charge in [-0.2, -0.15) is 0 Å². The van der Waals surface area contributed by atoms with Crippen LogP contribution in [0.25, 0.3) is 66.1 Å². The van der Waals surface area contributed by atoms with Crippen LogP contribution in [-0.4, -0.2) is 23.4 Å². The van der Waals surface area contributed by atoms with Gasteiger partial charge in [0.25, 0.3) is 0 Å². The molecule has 8 aromatic carbocycles. The van der Waals surface area contributed by atoms with E-state index in [1.807, 2.05) is 84.9 Å². The fourth-order valence-electron chi connectivity index (χ4n) is 8.67. The van der Waals surface area contributed by atoms with E-state index in [-0.39, 0.29) is 17.4 Å². The SMILES string of the molecule is C=CCC(COc1ccc(C)cc1-c1cccc(-c2c(C)ccc3ccccc23)c1O)COc1ccc(CCCC)cc1-c1cccc(-c2c(C)ccc3ccccc23)c1O. The molecule has 0 aliphatic rings. The van der Waals surface area contributed by atoms with E-state index in [0.717, 1.165) is 96.4 Å². The summed E-state index contributed by atoms with van der Waals surface area (Å²) in [6.07, 6.45) is 5.69. The van der Waals surface area contributed by atoms with E-state index >= 15 is 0 Å². The zero-order chi connectivity index (χ0) is 42.5. The molecule has 0 amide bonds. The first kappa shape index (κ1) is 41.0. The third-order valence-corrected chi connectivity index (χ3v) is 11.9. The quantitative estimate of drug-likeness (QED) is 0.101. The Morgan fingerprint density at radius 1 is 0.541 bits per heavy atom.